The molecule has 1 amide bonds. The number of fused-ring (bicyclic) bond motifs is 1. The summed E-state index contributed by atoms with van der Waals surface area (Å²) in [6.07, 6.45) is 0.361. The van der Waals surface area contributed by atoms with Gasteiger partial charge < -0.3 is 24.6 Å². The van der Waals surface area contributed by atoms with Gasteiger partial charge in [0.15, 0.2) is 18.1 Å². The highest BCUT2D eigenvalue weighted by Gasteiger charge is 2.30. The molecule has 1 aliphatic heterocycles. The Hall–Kier alpha value is -2.12. The molecule has 22 heavy (non-hydrogen) atoms. The average molecular weight is 309 g/mol. The fourth-order valence-corrected chi connectivity index (χ4v) is 2.16. The molecule has 7 heteroatoms. The van der Waals surface area contributed by atoms with Gasteiger partial charge in [-0.1, -0.05) is 6.92 Å². The molecule has 0 fully saturated rings. The van der Waals surface area contributed by atoms with Gasteiger partial charge in [-0.15, -0.1) is 0 Å². The van der Waals surface area contributed by atoms with Gasteiger partial charge in [-0.25, -0.2) is 0 Å². The number of aldehydes is 1. The van der Waals surface area contributed by atoms with E-state index in [2.05, 4.69) is 0 Å². The Bertz CT molecular complexity index is 559. The van der Waals surface area contributed by atoms with Gasteiger partial charge in [0.2, 0.25) is 0 Å². The number of carbonyl (C=O) groups excluding carboxylic acids is 2. The Morgan fingerprint density at radius 2 is 2.27 bits per heavy atom. The number of amides is 1. The molecule has 0 saturated heterocycles. The van der Waals surface area contributed by atoms with Gasteiger partial charge in [-0.3, -0.25) is 9.59 Å². The van der Waals surface area contributed by atoms with Gasteiger partial charge >= 0.3 is 0 Å². The molecule has 7 nitrogen and oxygen atoms in total. The van der Waals surface area contributed by atoms with Crippen molar-refractivity contribution in [1.29, 1.82) is 0 Å². The number of nitrogens with zero attached hydrogens (tertiary/aromatic N) is 1. The summed E-state index contributed by atoms with van der Waals surface area (Å²) in [7, 11) is 0. The first-order valence-electron chi connectivity index (χ1n) is 7.08. The maximum Gasteiger partial charge on any atom is 0.265 e. The number of hydrogen-bond donors (Lipinski definition) is 2. The van der Waals surface area contributed by atoms with E-state index >= 15 is 0 Å². The SMILES string of the molecule is CCCOc1cc(C=O)cc2c1OCC(=O)N2CC(O)CO. The van der Waals surface area contributed by atoms with Crippen LogP contribution in [-0.4, -0.2) is 54.9 Å². The molecule has 0 radical (unpaired) electrons. The van der Waals surface area contributed by atoms with E-state index < -0.39 is 12.7 Å². The topological polar surface area (TPSA) is 96.3 Å². The second kappa shape index (κ2) is 7.24. The standard InChI is InChI=1S/C15H19NO6/c1-2-3-21-13-5-10(7-17)4-12-15(13)22-9-14(20)16(12)6-11(19)8-18/h4-5,7,11,18-19H,2-3,6,8-9H2,1H3. The summed E-state index contributed by atoms with van der Waals surface area (Å²) >= 11 is 0. The summed E-state index contributed by atoms with van der Waals surface area (Å²) in [6, 6.07) is 3.06. The lowest BCUT2D eigenvalue weighted by Crippen LogP contribution is -2.44. The lowest BCUT2D eigenvalue weighted by molar-refractivity contribution is -0.121. The van der Waals surface area contributed by atoms with Crippen molar-refractivity contribution in [3.63, 3.8) is 0 Å². The number of β-amino-alcohol motifs (C(OH)–C–C–N with tert-alkyl or cyclic N) is 1. The molecule has 0 aromatic heterocycles. The lowest BCUT2D eigenvalue weighted by atomic mass is 10.1. The van der Waals surface area contributed by atoms with E-state index in [4.69, 9.17) is 14.6 Å². The molecule has 1 aliphatic rings. The normalized spacial score (nSPS) is 15.0. The second-order valence-corrected chi connectivity index (χ2v) is 4.96. The van der Waals surface area contributed by atoms with Gasteiger partial charge in [-0.05, 0) is 18.6 Å². The summed E-state index contributed by atoms with van der Waals surface area (Å²) in [5, 5.41) is 18.6. The van der Waals surface area contributed by atoms with Crippen LogP contribution in [0.1, 0.15) is 23.7 Å². The van der Waals surface area contributed by atoms with Gasteiger partial charge in [0.25, 0.3) is 5.91 Å². The number of benzene rings is 1. The predicted molar refractivity (Wildman–Crippen MR) is 78.6 cm³/mol. The first-order chi connectivity index (χ1) is 10.6. The van der Waals surface area contributed by atoms with Gasteiger partial charge in [0, 0.05) is 5.56 Å². The van der Waals surface area contributed by atoms with Gasteiger partial charge in [0.1, 0.15) is 6.29 Å². The molecule has 1 unspecified atom stereocenters. The highest BCUT2D eigenvalue weighted by molar-refractivity contribution is 5.99. The zero-order valence-electron chi connectivity index (χ0n) is 12.3. The second-order valence-electron chi connectivity index (χ2n) is 4.96. The third-order valence-electron chi connectivity index (χ3n) is 3.19. The first kappa shape index (κ1) is 16.3. The first-order valence-corrected chi connectivity index (χ1v) is 7.08. The molecule has 120 valence electrons. The van der Waals surface area contributed by atoms with Gasteiger partial charge in [0.05, 0.1) is 31.5 Å². The van der Waals surface area contributed by atoms with Crippen molar-refractivity contribution in [2.24, 2.45) is 0 Å². The third kappa shape index (κ3) is 3.37. The molecule has 1 heterocycles. The Morgan fingerprint density at radius 3 is 2.91 bits per heavy atom. The van der Waals surface area contributed by atoms with Crippen LogP contribution in [0.5, 0.6) is 11.5 Å². The smallest absolute Gasteiger partial charge is 0.265 e. The summed E-state index contributed by atoms with van der Waals surface area (Å²) in [5.74, 6) is 0.394. The predicted octanol–water partition coefficient (Wildman–Crippen LogP) is 0.367. The number of carbonyl (C=O) groups is 2. The molecule has 0 aliphatic carbocycles. The third-order valence-corrected chi connectivity index (χ3v) is 3.19. The number of rotatable bonds is 7. The van der Waals surface area contributed by atoms with Crippen LogP contribution in [0.4, 0.5) is 5.69 Å². The zero-order valence-corrected chi connectivity index (χ0v) is 12.3. The summed E-state index contributed by atoms with van der Waals surface area (Å²) < 4.78 is 11.0. The molecule has 0 bridgehead atoms. The van der Waals surface area contributed by atoms with Gasteiger partial charge in [-0.2, -0.15) is 0 Å². The Morgan fingerprint density at radius 1 is 1.50 bits per heavy atom. The fraction of sp³-hybridized carbons (Fsp3) is 0.467. The van der Waals surface area contributed by atoms with Crippen molar-refractivity contribution in [2.75, 3.05) is 31.3 Å². The molecule has 0 saturated carbocycles. The minimum absolute atomic E-state index is 0.0821. The lowest BCUT2D eigenvalue weighted by Gasteiger charge is -2.31. The molecule has 2 N–H and O–H groups in total. The number of aliphatic hydroxyl groups excluding tert-OH is 2. The maximum atomic E-state index is 12.0. The van der Waals surface area contributed by atoms with Crippen LogP contribution in [0, 0.1) is 0 Å². The molecule has 2 rings (SSSR count). The molecular weight excluding hydrogens is 290 g/mol. The van der Waals surface area contributed by atoms with Crippen LogP contribution in [0.3, 0.4) is 0 Å². The number of aliphatic hydroxyl groups is 2. The van der Waals surface area contributed by atoms with Crippen LogP contribution in [0.2, 0.25) is 0 Å². The van der Waals surface area contributed by atoms with E-state index in [1.54, 1.807) is 6.07 Å². The summed E-state index contributed by atoms with van der Waals surface area (Å²) in [6.45, 7) is 1.66. The van der Waals surface area contributed by atoms with Crippen LogP contribution >= 0.6 is 0 Å². The van der Waals surface area contributed by atoms with Crippen LogP contribution in [0.15, 0.2) is 12.1 Å². The average Bonchev–Trinajstić information content (AvgIpc) is 2.54. The van der Waals surface area contributed by atoms with E-state index in [-0.39, 0.29) is 19.1 Å². The molecular formula is C15H19NO6. The minimum Gasteiger partial charge on any atom is -0.490 e. The van der Waals surface area contributed by atoms with Crippen LogP contribution < -0.4 is 14.4 Å². The molecule has 0 spiro atoms. The highest BCUT2D eigenvalue weighted by Crippen LogP contribution is 2.41. The van der Waals surface area contributed by atoms with Crippen molar-refractivity contribution < 1.29 is 29.3 Å². The monoisotopic (exact) mass is 309 g/mol. The summed E-state index contributed by atoms with van der Waals surface area (Å²) in [5.41, 5.74) is 0.700. The van der Waals surface area contributed by atoms with Crippen molar-refractivity contribution in [2.45, 2.75) is 19.4 Å². The van der Waals surface area contributed by atoms with E-state index in [1.165, 1.54) is 11.0 Å². The number of hydrogen-bond acceptors (Lipinski definition) is 6. The largest absolute Gasteiger partial charge is 0.490 e. The fourth-order valence-electron chi connectivity index (χ4n) is 2.16. The van der Waals surface area contributed by atoms with Crippen LogP contribution in [0.25, 0.3) is 0 Å². The van der Waals surface area contributed by atoms with Crippen molar-refractivity contribution in [1.82, 2.24) is 0 Å². The van der Waals surface area contributed by atoms with E-state index in [0.717, 1.165) is 6.42 Å². The quantitative estimate of drug-likeness (QED) is 0.706. The molecule has 1 atom stereocenters. The van der Waals surface area contributed by atoms with Crippen molar-refractivity contribution >= 4 is 17.9 Å². The van der Waals surface area contributed by atoms with E-state index in [0.29, 0.717) is 35.6 Å². The molecule has 1 aromatic rings. The summed E-state index contributed by atoms with van der Waals surface area (Å²) in [4.78, 5) is 24.4. The Labute approximate surface area is 128 Å². The van der Waals surface area contributed by atoms with Crippen molar-refractivity contribution in [3.05, 3.63) is 17.7 Å². The minimum atomic E-state index is -1.07. The van der Waals surface area contributed by atoms with E-state index in [9.17, 15) is 14.7 Å². The van der Waals surface area contributed by atoms with E-state index in [1.807, 2.05) is 6.92 Å². The number of anilines is 1. The number of ether oxygens (including phenoxy) is 2. The van der Waals surface area contributed by atoms with Crippen molar-refractivity contribution in [3.8, 4) is 11.5 Å². The zero-order chi connectivity index (χ0) is 16.1. The Kier molecular flexibility index (Phi) is 5.35. The highest BCUT2D eigenvalue weighted by atomic mass is 16.5. The Balaban J connectivity index is 2.43. The maximum absolute atomic E-state index is 12.0. The molecule has 1 aromatic carbocycles. The van der Waals surface area contributed by atoms with Crippen LogP contribution in [-0.2, 0) is 4.79 Å².